The molecule has 0 amide bonds. The van der Waals surface area contributed by atoms with Crippen molar-refractivity contribution in [3.05, 3.63) is 65.5 Å². The Morgan fingerprint density at radius 1 is 1.26 bits per heavy atom. The van der Waals surface area contributed by atoms with Gasteiger partial charge in [-0.3, -0.25) is 4.90 Å². The quantitative estimate of drug-likeness (QED) is 0.612. The van der Waals surface area contributed by atoms with Gasteiger partial charge in [-0.15, -0.1) is 0 Å². The summed E-state index contributed by atoms with van der Waals surface area (Å²) in [5, 5.41) is 9.82. The molecule has 1 heterocycles. The van der Waals surface area contributed by atoms with Gasteiger partial charge in [0, 0.05) is 37.2 Å². The second-order valence-electron chi connectivity index (χ2n) is 9.81. The van der Waals surface area contributed by atoms with E-state index in [9.17, 15) is 17.9 Å². The molecule has 190 valence electrons. The van der Waals surface area contributed by atoms with E-state index in [1.165, 1.54) is 15.9 Å². The Morgan fingerprint density at radius 3 is 2.71 bits per heavy atom. The predicted octanol–water partition coefficient (Wildman–Crippen LogP) is 4.29. The number of nitrogens with zero attached hydrogens (tertiary/aromatic N) is 2. The van der Waals surface area contributed by atoms with Crippen molar-refractivity contribution < 1.29 is 22.7 Å². The first-order valence-electron chi connectivity index (χ1n) is 12.3. The Kier molecular flexibility index (Phi) is 7.96. The van der Waals surface area contributed by atoms with Crippen molar-refractivity contribution in [2.24, 2.45) is 5.92 Å². The SMILES string of the molecule is C[C@H]1CN([C@@H](C)CO)S(=O)(=O)c2ccc(C3=CCCC3)cc2O[C@H]1CN(C)Cc1ccccc1F. The number of likely N-dealkylation sites (N-methyl/N-ethyl adjacent to an activating group) is 1. The lowest BCUT2D eigenvalue weighted by molar-refractivity contribution is 0.0731. The summed E-state index contributed by atoms with van der Waals surface area (Å²) in [6.45, 7) is 4.52. The molecule has 0 radical (unpaired) electrons. The minimum atomic E-state index is -3.87. The van der Waals surface area contributed by atoms with Crippen molar-refractivity contribution in [3.8, 4) is 5.75 Å². The second-order valence-corrected chi connectivity index (χ2v) is 11.7. The van der Waals surface area contributed by atoms with E-state index in [4.69, 9.17) is 4.74 Å². The molecular weight excluding hydrogens is 467 g/mol. The van der Waals surface area contributed by atoms with E-state index in [-0.39, 0.29) is 35.9 Å². The van der Waals surface area contributed by atoms with Gasteiger partial charge >= 0.3 is 0 Å². The normalized spacial score (nSPS) is 23.2. The van der Waals surface area contributed by atoms with Crippen LogP contribution in [0.15, 0.2) is 53.4 Å². The largest absolute Gasteiger partial charge is 0.487 e. The number of fused-ring (bicyclic) bond motifs is 1. The van der Waals surface area contributed by atoms with Gasteiger partial charge in [-0.1, -0.05) is 37.3 Å². The van der Waals surface area contributed by atoms with Crippen LogP contribution in [0, 0.1) is 11.7 Å². The number of halogens is 1. The minimum absolute atomic E-state index is 0.119. The second kappa shape index (κ2) is 10.8. The molecule has 2 aromatic carbocycles. The van der Waals surface area contributed by atoms with Crippen LogP contribution < -0.4 is 4.74 Å². The third-order valence-electron chi connectivity index (χ3n) is 6.97. The number of hydrogen-bond acceptors (Lipinski definition) is 5. The molecule has 35 heavy (non-hydrogen) atoms. The predicted molar refractivity (Wildman–Crippen MR) is 135 cm³/mol. The fourth-order valence-electron chi connectivity index (χ4n) is 4.87. The zero-order chi connectivity index (χ0) is 25.2. The van der Waals surface area contributed by atoms with Crippen molar-refractivity contribution in [1.82, 2.24) is 9.21 Å². The fraction of sp³-hybridized carbons (Fsp3) is 0.481. The number of aliphatic hydroxyl groups is 1. The third kappa shape index (κ3) is 5.61. The Bertz CT molecular complexity index is 1180. The maximum Gasteiger partial charge on any atom is 0.247 e. The smallest absolute Gasteiger partial charge is 0.247 e. The highest BCUT2D eigenvalue weighted by atomic mass is 32.2. The minimum Gasteiger partial charge on any atom is -0.487 e. The average Bonchev–Trinajstić information content (AvgIpc) is 3.37. The summed E-state index contributed by atoms with van der Waals surface area (Å²) in [7, 11) is -1.96. The van der Waals surface area contributed by atoms with Gasteiger partial charge in [-0.2, -0.15) is 4.31 Å². The van der Waals surface area contributed by atoms with Gasteiger partial charge in [0.25, 0.3) is 0 Å². The van der Waals surface area contributed by atoms with E-state index < -0.39 is 16.1 Å². The van der Waals surface area contributed by atoms with Gasteiger partial charge in [0.15, 0.2) is 0 Å². The number of ether oxygens (including phenoxy) is 1. The lowest BCUT2D eigenvalue weighted by atomic mass is 10.0. The average molecular weight is 503 g/mol. The highest BCUT2D eigenvalue weighted by Gasteiger charge is 2.38. The molecule has 4 rings (SSSR count). The first-order chi connectivity index (χ1) is 16.7. The summed E-state index contributed by atoms with van der Waals surface area (Å²) in [5.74, 6) is -0.0783. The number of benzene rings is 2. The van der Waals surface area contributed by atoms with Crippen molar-refractivity contribution in [3.63, 3.8) is 0 Å². The Balaban J connectivity index is 1.69. The molecule has 0 saturated heterocycles. The third-order valence-corrected chi connectivity index (χ3v) is 8.99. The lowest BCUT2D eigenvalue weighted by Gasteiger charge is -2.37. The van der Waals surface area contributed by atoms with E-state index >= 15 is 0 Å². The first-order valence-corrected chi connectivity index (χ1v) is 13.7. The molecule has 2 aliphatic rings. The molecule has 1 aliphatic heterocycles. The molecule has 3 atom stereocenters. The van der Waals surface area contributed by atoms with Crippen molar-refractivity contribution >= 4 is 15.6 Å². The van der Waals surface area contributed by atoms with E-state index in [0.717, 1.165) is 24.8 Å². The zero-order valence-corrected chi connectivity index (χ0v) is 21.5. The van der Waals surface area contributed by atoms with Gasteiger partial charge < -0.3 is 9.84 Å². The molecule has 8 heteroatoms. The van der Waals surface area contributed by atoms with Crippen LogP contribution in [0.3, 0.4) is 0 Å². The fourth-order valence-corrected chi connectivity index (χ4v) is 6.69. The van der Waals surface area contributed by atoms with Gasteiger partial charge in [0.05, 0.1) is 6.61 Å². The number of allylic oxidation sites excluding steroid dienone is 2. The molecule has 1 aliphatic carbocycles. The highest BCUT2D eigenvalue weighted by molar-refractivity contribution is 7.89. The van der Waals surface area contributed by atoms with Crippen LogP contribution in [-0.4, -0.2) is 61.6 Å². The molecule has 0 aromatic heterocycles. The Labute approximate surface area is 208 Å². The maximum absolute atomic E-state index is 14.2. The van der Waals surface area contributed by atoms with Crippen LogP contribution in [0.4, 0.5) is 4.39 Å². The molecule has 0 fully saturated rings. The molecule has 1 N–H and O–H groups in total. The molecule has 2 aromatic rings. The summed E-state index contributed by atoms with van der Waals surface area (Å²) in [4.78, 5) is 2.12. The van der Waals surface area contributed by atoms with E-state index in [0.29, 0.717) is 24.4 Å². The van der Waals surface area contributed by atoms with E-state index in [2.05, 4.69) is 6.08 Å². The standard InChI is InChI=1S/C27H35FN2O4S/c1-19-15-30(20(2)18-31)35(32,33)27-13-12-22(21-8-4-5-9-21)14-25(27)34-26(19)17-29(3)16-23-10-6-7-11-24(23)28/h6-8,10-14,19-20,26,31H,4-5,9,15-18H2,1-3H3/t19-,20-,26-/m0/s1. The summed E-state index contributed by atoms with van der Waals surface area (Å²) < 4.78 is 49.3. The van der Waals surface area contributed by atoms with Crippen LogP contribution in [0.25, 0.3) is 5.57 Å². The van der Waals surface area contributed by atoms with Crippen molar-refractivity contribution in [2.45, 2.75) is 56.7 Å². The van der Waals surface area contributed by atoms with Crippen LogP contribution in [0.1, 0.15) is 44.2 Å². The van der Waals surface area contributed by atoms with E-state index in [1.54, 1.807) is 25.1 Å². The van der Waals surface area contributed by atoms with Crippen molar-refractivity contribution in [2.75, 3.05) is 26.7 Å². The molecule has 0 spiro atoms. The molecule has 0 bridgehead atoms. The van der Waals surface area contributed by atoms with Crippen LogP contribution >= 0.6 is 0 Å². The molecular formula is C27H35FN2O4S. The Hall–Kier alpha value is -2.26. The van der Waals surface area contributed by atoms with Crippen LogP contribution in [-0.2, 0) is 16.6 Å². The summed E-state index contributed by atoms with van der Waals surface area (Å²) >= 11 is 0. The van der Waals surface area contributed by atoms with E-state index in [1.807, 2.05) is 37.1 Å². The maximum atomic E-state index is 14.2. The highest BCUT2D eigenvalue weighted by Crippen LogP contribution is 2.37. The summed E-state index contributed by atoms with van der Waals surface area (Å²) in [6, 6.07) is 11.5. The molecule has 0 saturated carbocycles. The summed E-state index contributed by atoms with van der Waals surface area (Å²) in [6.07, 6.45) is 4.94. The number of aliphatic hydroxyl groups excluding tert-OH is 1. The van der Waals surface area contributed by atoms with Gasteiger partial charge in [0.1, 0.15) is 22.6 Å². The van der Waals surface area contributed by atoms with Gasteiger partial charge in [0.2, 0.25) is 10.0 Å². The topological polar surface area (TPSA) is 70.1 Å². The number of rotatable bonds is 7. The van der Waals surface area contributed by atoms with Crippen LogP contribution in [0.5, 0.6) is 5.75 Å². The summed E-state index contributed by atoms with van der Waals surface area (Å²) in [5.41, 5.74) is 2.78. The monoisotopic (exact) mass is 502 g/mol. The zero-order valence-electron chi connectivity index (χ0n) is 20.7. The first kappa shape index (κ1) is 25.8. The molecule has 6 nitrogen and oxygen atoms in total. The lowest BCUT2D eigenvalue weighted by Crippen LogP contribution is -2.49. The van der Waals surface area contributed by atoms with Gasteiger partial charge in [-0.25, -0.2) is 12.8 Å². The van der Waals surface area contributed by atoms with Crippen molar-refractivity contribution in [1.29, 1.82) is 0 Å². The Morgan fingerprint density at radius 2 is 2.03 bits per heavy atom. The number of hydrogen-bond donors (Lipinski definition) is 1. The van der Waals surface area contributed by atoms with Gasteiger partial charge in [-0.05, 0) is 62.6 Å². The number of sulfonamides is 1. The molecule has 0 unspecified atom stereocenters. The van der Waals surface area contributed by atoms with Crippen LogP contribution in [0.2, 0.25) is 0 Å².